The van der Waals surface area contributed by atoms with E-state index in [1.54, 1.807) is 19.9 Å². The van der Waals surface area contributed by atoms with E-state index in [0.717, 1.165) is 5.69 Å². The summed E-state index contributed by atoms with van der Waals surface area (Å²) >= 11 is 5.99. The second kappa shape index (κ2) is 6.35. The molecule has 1 heterocycles. The van der Waals surface area contributed by atoms with Gasteiger partial charge >= 0.3 is 5.97 Å². The molecule has 5 nitrogen and oxygen atoms in total. The van der Waals surface area contributed by atoms with Gasteiger partial charge in [0.05, 0.1) is 17.7 Å². The molecule has 0 aliphatic carbocycles. The van der Waals surface area contributed by atoms with Crippen molar-refractivity contribution in [3.05, 3.63) is 28.5 Å². The van der Waals surface area contributed by atoms with Crippen LogP contribution in [-0.2, 0) is 9.53 Å². The fraction of sp³-hybridized carbons (Fsp3) is 0.417. The SMILES string of the molecule is CCN(CC(=O)OC)C(=O)c1cnc(C)cc1Cl. The molecule has 1 rings (SSSR count). The third-order valence-corrected chi connectivity index (χ3v) is 2.75. The highest BCUT2D eigenvalue weighted by Gasteiger charge is 2.20. The van der Waals surface area contributed by atoms with E-state index >= 15 is 0 Å². The Morgan fingerprint density at radius 2 is 2.17 bits per heavy atom. The van der Waals surface area contributed by atoms with Crippen LogP contribution in [-0.4, -0.2) is 42.0 Å². The second-order valence-electron chi connectivity index (χ2n) is 3.70. The fourth-order valence-electron chi connectivity index (χ4n) is 1.40. The summed E-state index contributed by atoms with van der Waals surface area (Å²) in [6.45, 7) is 3.84. The van der Waals surface area contributed by atoms with E-state index in [1.807, 2.05) is 0 Å². The van der Waals surface area contributed by atoms with Gasteiger partial charge in [0.25, 0.3) is 5.91 Å². The van der Waals surface area contributed by atoms with Crippen LogP contribution in [0.2, 0.25) is 5.02 Å². The lowest BCUT2D eigenvalue weighted by molar-refractivity contribution is -0.141. The molecule has 0 saturated carbocycles. The third kappa shape index (κ3) is 3.43. The molecular formula is C12H15ClN2O3. The summed E-state index contributed by atoms with van der Waals surface area (Å²) in [6, 6.07) is 1.61. The zero-order chi connectivity index (χ0) is 13.7. The zero-order valence-corrected chi connectivity index (χ0v) is 11.3. The van der Waals surface area contributed by atoms with Gasteiger partial charge in [-0.25, -0.2) is 0 Å². The molecule has 0 atom stereocenters. The van der Waals surface area contributed by atoms with Crippen molar-refractivity contribution >= 4 is 23.5 Å². The summed E-state index contributed by atoms with van der Waals surface area (Å²) in [6.07, 6.45) is 1.42. The first-order valence-electron chi connectivity index (χ1n) is 5.47. The van der Waals surface area contributed by atoms with Crippen LogP contribution in [0.25, 0.3) is 0 Å². The van der Waals surface area contributed by atoms with Crippen molar-refractivity contribution in [1.29, 1.82) is 0 Å². The summed E-state index contributed by atoms with van der Waals surface area (Å²) in [5.74, 6) is -0.804. The predicted molar refractivity (Wildman–Crippen MR) is 67.6 cm³/mol. The molecule has 18 heavy (non-hydrogen) atoms. The smallest absolute Gasteiger partial charge is 0.325 e. The van der Waals surface area contributed by atoms with Crippen molar-refractivity contribution in [2.75, 3.05) is 20.2 Å². The predicted octanol–water partition coefficient (Wildman–Crippen LogP) is 1.68. The topological polar surface area (TPSA) is 59.5 Å². The maximum Gasteiger partial charge on any atom is 0.325 e. The minimum Gasteiger partial charge on any atom is -0.468 e. The lowest BCUT2D eigenvalue weighted by atomic mass is 10.2. The molecule has 6 heteroatoms. The number of carbonyl (C=O) groups excluding carboxylic acids is 2. The van der Waals surface area contributed by atoms with Gasteiger partial charge in [-0.3, -0.25) is 14.6 Å². The number of amides is 1. The number of esters is 1. The fourth-order valence-corrected chi connectivity index (χ4v) is 1.69. The minimum atomic E-state index is -0.471. The van der Waals surface area contributed by atoms with Crippen molar-refractivity contribution in [2.45, 2.75) is 13.8 Å². The Balaban J connectivity index is 2.93. The standard InChI is InChI=1S/C12H15ClN2O3/c1-4-15(7-11(16)18-3)12(17)9-6-14-8(2)5-10(9)13/h5-6H,4,7H2,1-3H3. The van der Waals surface area contributed by atoms with Crippen LogP contribution in [0.4, 0.5) is 0 Å². The molecule has 0 bridgehead atoms. The van der Waals surface area contributed by atoms with E-state index in [9.17, 15) is 9.59 Å². The number of halogens is 1. The summed E-state index contributed by atoms with van der Waals surface area (Å²) in [5.41, 5.74) is 1.01. The molecule has 1 aromatic rings. The Morgan fingerprint density at radius 1 is 1.50 bits per heavy atom. The number of likely N-dealkylation sites (N-methyl/N-ethyl adjacent to an activating group) is 1. The van der Waals surface area contributed by atoms with Crippen LogP contribution in [0, 0.1) is 6.92 Å². The van der Waals surface area contributed by atoms with Crippen LogP contribution in [0.1, 0.15) is 23.0 Å². The van der Waals surface area contributed by atoms with Crippen LogP contribution in [0.3, 0.4) is 0 Å². The van der Waals surface area contributed by atoms with E-state index in [0.29, 0.717) is 11.6 Å². The summed E-state index contributed by atoms with van der Waals surface area (Å²) in [4.78, 5) is 28.7. The normalized spacial score (nSPS) is 10.0. The Bertz CT molecular complexity index is 463. The number of rotatable bonds is 4. The van der Waals surface area contributed by atoms with Gasteiger partial charge in [-0.1, -0.05) is 11.6 Å². The van der Waals surface area contributed by atoms with E-state index in [4.69, 9.17) is 11.6 Å². The monoisotopic (exact) mass is 270 g/mol. The molecule has 0 aromatic carbocycles. The Kier molecular flexibility index (Phi) is 5.09. The van der Waals surface area contributed by atoms with E-state index in [-0.39, 0.29) is 18.0 Å². The molecule has 0 aliphatic rings. The summed E-state index contributed by atoms with van der Waals surface area (Å²) in [5, 5.41) is 0.329. The van der Waals surface area contributed by atoms with Gasteiger partial charge < -0.3 is 9.64 Å². The van der Waals surface area contributed by atoms with Crippen molar-refractivity contribution in [1.82, 2.24) is 9.88 Å². The van der Waals surface area contributed by atoms with E-state index in [2.05, 4.69) is 9.72 Å². The molecule has 0 aliphatic heterocycles. The molecule has 0 spiro atoms. The van der Waals surface area contributed by atoms with Gasteiger partial charge in [0.15, 0.2) is 0 Å². The van der Waals surface area contributed by atoms with E-state index < -0.39 is 5.97 Å². The largest absolute Gasteiger partial charge is 0.468 e. The molecule has 1 aromatic heterocycles. The zero-order valence-electron chi connectivity index (χ0n) is 10.6. The highest BCUT2D eigenvalue weighted by atomic mass is 35.5. The van der Waals surface area contributed by atoms with Crippen molar-refractivity contribution in [3.8, 4) is 0 Å². The van der Waals surface area contributed by atoms with Gasteiger partial charge in [0.1, 0.15) is 6.54 Å². The first-order chi connectivity index (χ1) is 8.49. The van der Waals surface area contributed by atoms with Gasteiger partial charge in [-0.05, 0) is 19.9 Å². The highest BCUT2D eigenvalue weighted by molar-refractivity contribution is 6.33. The van der Waals surface area contributed by atoms with Crippen molar-refractivity contribution < 1.29 is 14.3 Å². The van der Waals surface area contributed by atoms with Crippen LogP contribution >= 0.6 is 11.6 Å². The van der Waals surface area contributed by atoms with Crippen molar-refractivity contribution in [2.24, 2.45) is 0 Å². The number of aromatic nitrogens is 1. The third-order valence-electron chi connectivity index (χ3n) is 2.44. The molecule has 0 N–H and O–H groups in total. The maximum atomic E-state index is 12.2. The van der Waals surface area contributed by atoms with Gasteiger partial charge in [0, 0.05) is 18.4 Å². The quantitative estimate of drug-likeness (QED) is 0.781. The van der Waals surface area contributed by atoms with Crippen LogP contribution < -0.4 is 0 Å². The van der Waals surface area contributed by atoms with Crippen molar-refractivity contribution in [3.63, 3.8) is 0 Å². The Labute approximate surface area is 111 Å². The number of carbonyl (C=O) groups is 2. The van der Waals surface area contributed by atoms with Gasteiger partial charge in [-0.2, -0.15) is 0 Å². The number of nitrogens with zero attached hydrogens (tertiary/aromatic N) is 2. The first-order valence-corrected chi connectivity index (χ1v) is 5.85. The number of hydrogen-bond donors (Lipinski definition) is 0. The number of pyridine rings is 1. The second-order valence-corrected chi connectivity index (χ2v) is 4.11. The molecule has 0 saturated heterocycles. The van der Waals surface area contributed by atoms with E-state index in [1.165, 1.54) is 18.2 Å². The lowest BCUT2D eigenvalue weighted by Crippen LogP contribution is -2.36. The summed E-state index contributed by atoms with van der Waals surface area (Å²) < 4.78 is 4.54. The minimum absolute atomic E-state index is 0.101. The number of methoxy groups -OCH3 is 1. The molecule has 0 unspecified atom stereocenters. The lowest BCUT2D eigenvalue weighted by Gasteiger charge is -2.19. The summed E-state index contributed by atoms with van der Waals surface area (Å²) in [7, 11) is 1.28. The van der Waals surface area contributed by atoms with Gasteiger partial charge in [-0.15, -0.1) is 0 Å². The van der Waals surface area contributed by atoms with Crippen LogP contribution in [0.15, 0.2) is 12.3 Å². The highest BCUT2D eigenvalue weighted by Crippen LogP contribution is 2.17. The number of hydrogen-bond acceptors (Lipinski definition) is 4. The number of ether oxygens (including phenoxy) is 1. The Morgan fingerprint density at radius 3 is 2.67 bits per heavy atom. The van der Waals surface area contributed by atoms with Crippen LogP contribution in [0.5, 0.6) is 0 Å². The molecule has 98 valence electrons. The Hall–Kier alpha value is -1.62. The first kappa shape index (κ1) is 14.4. The molecular weight excluding hydrogens is 256 g/mol. The molecule has 1 amide bonds. The molecule has 0 fully saturated rings. The average molecular weight is 271 g/mol. The van der Waals surface area contributed by atoms with Gasteiger partial charge in [0.2, 0.25) is 0 Å². The molecule has 0 radical (unpaired) electrons. The number of aryl methyl sites for hydroxylation is 1. The maximum absolute atomic E-state index is 12.2. The average Bonchev–Trinajstić information content (AvgIpc) is 2.34.